The number of hydrogen-bond acceptors (Lipinski definition) is 5. The molecule has 0 spiro atoms. The lowest BCUT2D eigenvalue weighted by Crippen LogP contribution is -2.42. The molecular formula is C14H27ClN2O3. The molecule has 0 bridgehead atoms. The van der Waals surface area contributed by atoms with E-state index in [0.717, 1.165) is 65.7 Å². The van der Waals surface area contributed by atoms with Crippen LogP contribution in [0.25, 0.3) is 0 Å². The second-order valence-electron chi connectivity index (χ2n) is 5.78. The van der Waals surface area contributed by atoms with Gasteiger partial charge >= 0.3 is 0 Å². The fraction of sp³-hybridized carbons (Fsp3) is 1.00. The van der Waals surface area contributed by atoms with E-state index in [1.807, 2.05) is 0 Å². The molecule has 6 heteroatoms. The van der Waals surface area contributed by atoms with E-state index >= 15 is 0 Å². The van der Waals surface area contributed by atoms with Gasteiger partial charge in [-0.25, -0.2) is 0 Å². The monoisotopic (exact) mass is 306 g/mol. The Bertz CT molecular complexity index is 245. The molecule has 3 aliphatic heterocycles. The van der Waals surface area contributed by atoms with Crippen LogP contribution in [-0.4, -0.2) is 87.7 Å². The Hall–Kier alpha value is 0.0900. The topological polar surface area (TPSA) is 34.2 Å². The summed E-state index contributed by atoms with van der Waals surface area (Å²) in [5, 5.41) is 0. The van der Waals surface area contributed by atoms with E-state index in [-0.39, 0.29) is 12.4 Å². The van der Waals surface area contributed by atoms with E-state index in [9.17, 15) is 0 Å². The van der Waals surface area contributed by atoms with Crippen LogP contribution in [0.2, 0.25) is 0 Å². The summed E-state index contributed by atoms with van der Waals surface area (Å²) >= 11 is 0. The van der Waals surface area contributed by atoms with Crippen molar-refractivity contribution >= 4 is 12.4 Å². The van der Waals surface area contributed by atoms with Gasteiger partial charge in [0.05, 0.1) is 38.6 Å². The summed E-state index contributed by atoms with van der Waals surface area (Å²) in [5.74, 6) is 0. The average molecular weight is 307 g/mol. The van der Waals surface area contributed by atoms with E-state index < -0.39 is 0 Å². The van der Waals surface area contributed by atoms with E-state index in [1.165, 1.54) is 12.8 Å². The Morgan fingerprint density at radius 1 is 0.700 bits per heavy atom. The van der Waals surface area contributed by atoms with Crippen LogP contribution in [-0.2, 0) is 14.2 Å². The van der Waals surface area contributed by atoms with Crippen molar-refractivity contribution in [2.24, 2.45) is 0 Å². The molecular weight excluding hydrogens is 280 g/mol. The minimum absolute atomic E-state index is 0. The molecule has 5 nitrogen and oxygen atoms in total. The zero-order valence-corrected chi connectivity index (χ0v) is 13.0. The second kappa shape index (κ2) is 8.51. The van der Waals surface area contributed by atoms with Crippen molar-refractivity contribution in [3.63, 3.8) is 0 Å². The third-order valence-corrected chi connectivity index (χ3v) is 4.33. The number of ether oxygens (including phenoxy) is 3. The summed E-state index contributed by atoms with van der Waals surface area (Å²) in [5.41, 5.74) is 0. The number of nitrogens with zero attached hydrogens (tertiary/aromatic N) is 2. The molecule has 0 radical (unpaired) electrons. The fourth-order valence-electron chi connectivity index (χ4n) is 3.19. The third kappa shape index (κ3) is 4.83. The van der Waals surface area contributed by atoms with Crippen LogP contribution in [0, 0.1) is 0 Å². The number of rotatable bonds is 4. The van der Waals surface area contributed by atoms with Crippen molar-refractivity contribution in [2.45, 2.75) is 25.0 Å². The van der Waals surface area contributed by atoms with Gasteiger partial charge in [0.25, 0.3) is 0 Å². The summed E-state index contributed by atoms with van der Waals surface area (Å²) in [6.07, 6.45) is 3.30. The lowest BCUT2D eigenvalue weighted by Gasteiger charge is -2.30. The van der Waals surface area contributed by atoms with Gasteiger partial charge in [0.2, 0.25) is 0 Å². The van der Waals surface area contributed by atoms with E-state index in [1.54, 1.807) is 0 Å². The predicted molar refractivity (Wildman–Crippen MR) is 79.7 cm³/mol. The summed E-state index contributed by atoms with van der Waals surface area (Å²) in [6, 6.07) is 0. The molecule has 2 unspecified atom stereocenters. The van der Waals surface area contributed by atoms with E-state index in [2.05, 4.69) is 9.80 Å². The normalized spacial score (nSPS) is 33.0. The van der Waals surface area contributed by atoms with Crippen LogP contribution in [0.1, 0.15) is 12.8 Å². The predicted octanol–water partition coefficient (Wildman–Crippen LogP) is 0.620. The molecule has 0 amide bonds. The van der Waals surface area contributed by atoms with E-state index in [4.69, 9.17) is 14.2 Å². The van der Waals surface area contributed by atoms with Crippen LogP contribution in [0.5, 0.6) is 0 Å². The van der Waals surface area contributed by atoms with Gasteiger partial charge in [-0.1, -0.05) is 0 Å². The number of halogens is 1. The molecule has 0 aromatic heterocycles. The highest BCUT2D eigenvalue weighted by Crippen LogP contribution is 2.22. The van der Waals surface area contributed by atoms with Crippen LogP contribution in [0.3, 0.4) is 0 Å². The minimum Gasteiger partial charge on any atom is -0.379 e. The maximum absolute atomic E-state index is 6.20. The van der Waals surface area contributed by atoms with Crippen molar-refractivity contribution < 1.29 is 14.2 Å². The van der Waals surface area contributed by atoms with Crippen LogP contribution in [0.15, 0.2) is 0 Å². The Labute approximate surface area is 127 Å². The molecule has 3 fully saturated rings. The van der Waals surface area contributed by atoms with Gasteiger partial charge in [-0.15, -0.1) is 12.4 Å². The van der Waals surface area contributed by atoms with Gasteiger partial charge in [0, 0.05) is 39.3 Å². The van der Waals surface area contributed by atoms with Gasteiger partial charge in [-0.05, 0) is 12.8 Å². The SMILES string of the molecule is C1CN(CC2CCC(CN3CCOCC3)O2)CCO1.Cl. The summed E-state index contributed by atoms with van der Waals surface area (Å²) in [4.78, 5) is 4.95. The minimum atomic E-state index is 0. The molecule has 0 N–H and O–H groups in total. The molecule has 118 valence electrons. The lowest BCUT2D eigenvalue weighted by molar-refractivity contribution is -0.0311. The Kier molecular flexibility index (Phi) is 7.01. The zero-order valence-electron chi connectivity index (χ0n) is 12.2. The average Bonchev–Trinajstić information content (AvgIpc) is 2.88. The summed E-state index contributed by atoms with van der Waals surface area (Å²) in [6.45, 7) is 9.94. The largest absolute Gasteiger partial charge is 0.379 e. The molecule has 3 heterocycles. The molecule has 3 rings (SSSR count). The maximum atomic E-state index is 6.20. The standard InChI is InChI=1S/C14H26N2O3.ClH/c1-2-14(12-16-5-9-18-10-6-16)19-13(1)11-15-3-7-17-8-4-15;/h13-14H,1-12H2;1H. The lowest BCUT2D eigenvalue weighted by atomic mass is 10.1. The first-order valence-electron chi connectivity index (χ1n) is 7.66. The number of morpholine rings is 2. The molecule has 0 aromatic carbocycles. The fourth-order valence-corrected chi connectivity index (χ4v) is 3.19. The van der Waals surface area contributed by atoms with Crippen LogP contribution in [0.4, 0.5) is 0 Å². The first-order valence-corrected chi connectivity index (χ1v) is 7.66. The smallest absolute Gasteiger partial charge is 0.0707 e. The highest BCUT2D eigenvalue weighted by atomic mass is 35.5. The van der Waals surface area contributed by atoms with Crippen molar-refractivity contribution in [1.82, 2.24) is 9.80 Å². The van der Waals surface area contributed by atoms with Gasteiger partial charge in [0.15, 0.2) is 0 Å². The van der Waals surface area contributed by atoms with Gasteiger partial charge < -0.3 is 14.2 Å². The van der Waals surface area contributed by atoms with Crippen LogP contribution >= 0.6 is 12.4 Å². The van der Waals surface area contributed by atoms with Crippen LogP contribution < -0.4 is 0 Å². The van der Waals surface area contributed by atoms with Crippen molar-refractivity contribution in [2.75, 3.05) is 65.7 Å². The molecule has 20 heavy (non-hydrogen) atoms. The molecule has 2 atom stereocenters. The summed E-state index contributed by atoms with van der Waals surface area (Å²) in [7, 11) is 0. The first kappa shape index (κ1) is 16.5. The van der Waals surface area contributed by atoms with Gasteiger partial charge in [0.1, 0.15) is 0 Å². The Balaban J connectivity index is 0.00000147. The van der Waals surface area contributed by atoms with Crippen molar-refractivity contribution in [3.8, 4) is 0 Å². The Morgan fingerprint density at radius 2 is 1.10 bits per heavy atom. The molecule has 0 aromatic rings. The van der Waals surface area contributed by atoms with Gasteiger partial charge in [-0.3, -0.25) is 9.80 Å². The van der Waals surface area contributed by atoms with Crippen molar-refractivity contribution in [3.05, 3.63) is 0 Å². The third-order valence-electron chi connectivity index (χ3n) is 4.33. The zero-order chi connectivity index (χ0) is 12.9. The van der Waals surface area contributed by atoms with E-state index in [0.29, 0.717) is 12.2 Å². The Morgan fingerprint density at radius 3 is 1.50 bits per heavy atom. The summed E-state index contributed by atoms with van der Waals surface area (Å²) < 4.78 is 17.0. The van der Waals surface area contributed by atoms with Gasteiger partial charge in [-0.2, -0.15) is 0 Å². The molecule has 3 aliphatic rings. The quantitative estimate of drug-likeness (QED) is 0.761. The molecule has 0 aliphatic carbocycles. The number of hydrogen-bond donors (Lipinski definition) is 0. The molecule has 3 saturated heterocycles. The first-order chi connectivity index (χ1) is 9.40. The molecule has 0 saturated carbocycles. The second-order valence-corrected chi connectivity index (χ2v) is 5.78. The highest BCUT2D eigenvalue weighted by Gasteiger charge is 2.29. The maximum Gasteiger partial charge on any atom is 0.0707 e. The van der Waals surface area contributed by atoms with Crippen molar-refractivity contribution in [1.29, 1.82) is 0 Å². The highest BCUT2D eigenvalue weighted by molar-refractivity contribution is 5.85.